The smallest absolute Gasteiger partial charge is 0.390 e. The molecule has 0 aliphatic carbocycles. The van der Waals surface area contributed by atoms with Crippen LogP contribution in [0, 0.1) is 11.8 Å². The van der Waals surface area contributed by atoms with Gasteiger partial charge < -0.3 is 44.6 Å². The lowest BCUT2D eigenvalue weighted by Crippen LogP contribution is -2.29. The first kappa shape index (κ1) is 31.9. The average molecular weight is 613 g/mol. The third kappa shape index (κ3) is 11.2. The Labute approximate surface area is 208 Å². The van der Waals surface area contributed by atoms with Gasteiger partial charge in [-0.15, -0.1) is 0 Å². The van der Waals surface area contributed by atoms with Crippen molar-refractivity contribution in [2.45, 2.75) is 31.3 Å². The molecule has 19 nitrogen and oxygen atoms in total. The number of aliphatic hydroxyl groups excluding tert-OH is 1. The summed E-state index contributed by atoms with van der Waals surface area (Å²) in [4.78, 5) is 60.7. The summed E-state index contributed by atoms with van der Waals surface area (Å²) >= 11 is 0. The van der Waals surface area contributed by atoms with Gasteiger partial charge in [0, 0.05) is 25.7 Å². The van der Waals surface area contributed by atoms with Crippen molar-refractivity contribution in [2.24, 2.45) is 0 Å². The summed E-state index contributed by atoms with van der Waals surface area (Å²) in [6.07, 6.45) is -3.01. The van der Waals surface area contributed by atoms with Gasteiger partial charge in [0.25, 0.3) is 0 Å². The largest absolute Gasteiger partial charge is 0.490 e. The minimum Gasteiger partial charge on any atom is -0.390 e. The number of aromatic nitrogens is 2. The number of hydrogen-bond donors (Lipinski definition) is 7. The Hall–Kier alpha value is -1.28. The second-order valence-corrected chi connectivity index (χ2v) is 13.5. The molecule has 0 radical (unpaired) electrons. The Kier molecular flexibility index (Phi) is 10.6. The molecule has 1 aliphatic rings. The summed E-state index contributed by atoms with van der Waals surface area (Å²) in [6, 6.07) is 0. The molecule has 0 spiro atoms. The second-order valence-electron chi connectivity index (χ2n) is 7.24. The highest BCUT2D eigenvalue weighted by molar-refractivity contribution is 7.66. The van der Waals surface area contributed by atoms with Crippen LogP contribution in [0.25, 0.3) is 0 Å². The first-order valence-electron chi connectivity index (χ1n) is 9.71. The van der Waals surface area contributed by atoms with Crippen LogP contribution in [0.15, 0.2) is 11.0 Å². The molecule has 0 amide bonds. The second kappa shape index (κ2) is 12.3. The fraction of sp³-hybridized carbons (Fsp3) is 0.571. The Bertz CT molecular complexity index is 1290. The van der Waals surface area contributed by atoms with Crippen molar-refractivity contribution in [1.82, 2.24) is 9.55 Å². The van der Waals surface area contributed by atoms with Crippen LogP contribution in [0.2, 0.25) is 0 Å². The number of anilines is 1. The van der Waals surface area contributed by atoms with Crippen LogP contribution in [0.3, 0.4) is 0 Å². The molecule has 2 rings (SSSR count). The van der Waals surface area contributed by atoms with Gasteiger partial charge in [-0.2, -0.15) is 13.6 Å². The molecule has 6 atom stereocenters. The number of aliphatic hydroxyl groups is 1. The molecule has 23 heteroatoms. The fourth-order valence-electron chi connectivity index (χ4n) is 2.71. The van der Waals surface area contributed by atoms with Gasteiger partial charge in [0.05, 0.1) is 24.9 Å². The van der Waals surface area contributed by atoms with Crippen LogP contribution in [-0.2, 0) is 40.7 Å². The lowest BCUT2D eigenvalue weighted by atomic mass is 10.2. The minimum atomic E-state index is -5.73. The summed E-state index contributed by atoms with van der Waals surface area (Å²) in [5.74, 6) is 4.98. The van der Waals surface area contributed by atoms with Gasteiger partial charge in [0.2, 0.25) is 0 Å². The topological polar surface area (TPSA) is 297 Å². The molecular weight excluding hydrogens is 590 g/mol. The molecule has 2 heterocycles. The van der Waals surface area contributed by atoms with E-state index in [4.69, 9.17) is 30.0 Å². The third-order valence-corrected chi connectivity index (χ3v) is 8.56. The van der Waals surface area contributed by atoms with E-state index in [1.165, 1.54) is 0 Å². The zero-order valence-corrected chi connectivity index (χ0v) is 22.2. The number of nitrogens with two attached hydrogens (primary N) is 1. The third-order valence-electron chi connectivity index (χ3n) is 4.09. The first-order chi connectivity index (χ1) is 16.8. The monoisotopic (exact) mass is 613 g/mol. The van der Waals surface area contributed by atoms with Crippen LogP contribution >= 0.6 is 31.1 Å². The van der Waals surface area contributed by atoms with Crippen molar-refractivity contribution in [3.05, 3.63) is 22.2 Å². The normalized spacial score (nSPS) is 24.9. The van der Waals surface area contributed by atoms with Crippen LogP contribution in [0.1, 0.15) is 24.6 Å². The van der Waals surface area contributed by atoms with Gasteiger partial charge in [-0.1, -0.05) is 11.8 Å². The Morgan fingerprint density at radius 2 is 1.78 bits per heavy atom. The van der Waals surface area contributed by atoms with E-state index in [9.17, 15) is 33.1 Å². The highest BCUT2D eigenvalue weighted by Gasteiger charge is 2.43. The fourth-order valence-corrected chi connectivity index (χ4v) is 6.17. The quantitative estimate of drug-likeness (QED) is 0.0930. The maximum Gasteiger partial charge on any atom is 0.490 e. The molecule has 210 valence electrons. The van der Waals surface area contributed by atoms with E-state index in [1.807, 2.05) is 0 Å². The van der Waals surface area contributed by atoms with Crippen molar-refractivity contribution in [1.29, 1.82) is 0 Å². The molecule has 8 N–H and O–H groups in total. The van der Waals surface area contributed by atoms with Crippen LogP contribution in [0.5, 0.6) is 0 Å². The first-order valence-corrected chi connectivity index (χ1v) is 16.3. The zero-order valence-electron chi connectivity index (χ0n) is 18.7. The zero-order chi connectivity index (χ0) is 28.2. The number of ether oxygens (including phenoxy) is 1. The van der Waals surface area contributed by atoms with Crippen molar-refractivity contribution < 1.29 is 70.2 Å². The highest BCUT2D eigenvalue weighted by Crippen LogP contribution is 2.66. The average Bonchev–Trinajstić information content (AvgIpc) is 3.04. The minimum absolute atomic E-state index is 0.0400. The van der Waals surface area contributed by atoms with E-state index >= 15 is 0 Å². The number of phosphoric ester groups is 1. The molecule has 1 aliphatic heterocycles. The predicted molar refractivity (Wildman–Crippen MR) is 120 cm³/mol. The number of hydrogen-bond acceptors (Lipinski definition) is 13. The van der Waals surface area contributed by atoms with Gasteiger partial charge in [0.15, 0.2) is 0 Å². The molecule has 0 aromatic carbocycles. The summed E-state index contributed by atoms with van der Waals surface area (Å²) in [5, 5.41) is 10.2. The van der Waals surface area contributed by atoms with Crippen LogP contribution in [0.4, 0.5) is 5.82 Å². The molecule has 1 aromatic rings. The maximum atomic E-state index is 12.3. The molecular formula is C14H23N3O16P4. The van der Waals surface area contributed by atoms with Crippen molar-refractivity contribution in [2.75, 3.05) is 25.6 Å². The van der Waals surface area contributed by atoms with Crippen molar-refractivity contribution in [3.8, 4) is 11.8 Å². The lowest BCUT2D eigenvalue weighted by Gasteiger charge is -2.19. The molecule has 1 aromatic heterocycles. The lowest BCUT2D eigenvalue weighted by molar-refractivity contribution is -0.0449. The molecule has 6 unspecified atom stereocenters. The number of phosphoric acid groups is 3. The van der Waals surface area contributed by atoms with Gasteiger partial charge >= 0.3 is 36.8 Å². The van der Waals surface area contributed by atoms with E-state index in [0.717, 1.165) is 17.4 Å². The Morgan fingerprint density at radius 1 is 1.14 bits per heavy atom. The van der Waals surface area contributed by atoms with E-state index in [2.05, 4.69) is 34.5 Å². The Morgan fingerprint density at radius 3 is 2.38 bits per heavy atom. The standard InChI is InChI=1S/C14H23N3O16P4/c1-34(20,21)29-5-3-2-4-9-7-17(14(19)16-13(9)15)12-6-10(18)11(31-12)8-30-36(25,26)33-37(27,28)32-35(22,23)24/h7,10-12,18H,3,5-6,8H2,1H3,(H,20,21)(H,25,26)(H,27,28)(H2,15,16,19)(H2,22,23,24). The highest BCUT2D eigenvalue weighted by atomic mass is 31.3. The van der Waals surface area contributed by atoms with E-state index < -0.39 is 61.8 Å². The van der Waals surface area contributed by atoms with E-state index in [0.29, 0.717) is 0 Å². The van der Waals surface area contributed by atoms with Gasteiger partial charge in [-0.05, 0) is 0 Å². The molecule has 1 saturated heterocycles. The molecule has 37 heavy (non-hydrogen) atoms. The predicted octanol–water partition coefficient (Wildman–Crippen LogP) is -0.609. The summed E-state index contributed by atoms with van der Waals surface area (Å²) in [6.45, 7) is -0.0817. The molecule has 0 bridgehead atoms. The Balaban J connectivity index is 2.06. The number of rotatable bonds is 11. The molecule has 1 fully saturated rings. The van der Waals surface area contributed by atoms with E-state index in [1.54, 1.807) is 0 Å². The maximum absolute atomic E-state index is 12.3. The van der Waals surface area contributed by atoms with Gasteiger partial charge in [0.1, 0.15) is 18.1 Å². The van der Waals surface area contributed by atoms with Crippen molar-refractivity contribution in [3.63, 3.8) is 0 Å². The van der Waals surface area contributed by atoms with Crippen LogP contribution < -0.4 is 11.4 Å². The number of nitrogen functional groups attached to an aromatic ring is 1. The van der Waals surface area contributed by atoms with Gasteiger partial charge in [-0.3, -0.25) is 13.7 Å². The molecule has 0 saturated carbocycles. The van der Waals surface area contributed by atoms with Gasteiger partial charge in [-0.25, -0.2) is 18.5 Å². The van der Waals surface area contributed by atoms with Crippen molar-refractivity contribution >= 4 is 36.9 Å². The summed E-state index contributed by atoms with van der Waals surface area (Å²) in [5.41, 5.74) is 4.85. The number of nitrogens with zero attached hydrogens (tertiary/aromatic N) is 2. The van der Waals surface area contributed by atoms with Crippen LogP contribution in [-0.4, -0.2) is 71.2 Å². The van der Waals surface area contributed by atoms with E-state index in [-0.39, 0.29) is 30.8 Å². The summed E-state index contributed by atoms with van der Waals surface area (Å²) in [7, 11) is -20.4. The SMILES string of the molecule is CP(=O)(O)OCCC#Cc1cn(C2CC(O)C(COP(=O)(O)OP(=O)(O)OP(=O)(O)O)O2)c(=O)nc1N. The summed E-state index contributed by atoms with van der Waals surface area (Å²) < 4.78 is 67.6.